The van der Waals surface area contributed by atoms with Gasteiger partial charge in [0.05, 0.1) is 6.10 Å². The monoisotopic (exact) mass is 250 g/mol. The summed E-state index contributed by atoms with van der Waals surface area (Å²) in [6.07, 6.45) is 3.85. The fraction of sp³-hybridized carbons (Fsp3) is 0.692. The van der Waals surface area contributed by atoms with E-state index in [2.05, 4.69) is 27.5 Å². The van der Waals surface area contributed by atoms with E-state index in [4.69, 9.17) is 4.74 Å². The maximum absolute atomic E-state index is 5.59. The van der Waals surface area contributed by atoms with Crippen LogP contribution in [0.4, 0.5) is 11.6 Å². The van der Waals surface area contributed by atoms with Crippen molar-refractivity contribution >= 4 is 11.6 Å². The number of rotatable bonds is 6. The van der Waals surface area contributed by atoms with Crippen molar-refractivity contribution in [3.63, 3.8) is 0 Å². The Kier molecular flexibility index (Phi) is 4.75. The Labute approximate surface area is 108 Å². The van der Waals surface area contributed by atoms with Crippen LogP contribution in [0.1, 0.15) is 32.0 Å². The highest BCUT2D eigenvalue weighted by molar-refractivity contribution is 5.47. The lowest BCUT2D eigenvalue weighted by atomic mass is 10.2. The number of hydrogen-bond acceptors (Lipinski definition) is 5. The topological polar surface area (TPSA) is 59.1 Å². The van der Waals surface area contributed by atoms with Crippen LogP contribution in [0.3, 0.4) is 0 Å². The molecule has 1 aromatic rings. The summed E-state index contributed by atoms with van der Waals surface area (Å²) in [5.41, 5.74) is 0. The molecule has 100 valence electrons. The van der Waals surface area contributed by atoms with Gasteiger partial charge in [0.2, 0.25) is 0 Å². The van der Waals surface area contributed by atoms with Crippen molar-refractivity contribution in [2.75, 3.05) is 30.3 Å². The zero-order chi connectivity index (χ0) is 12.8. The Morgan fingerprint density at radius 2 is 2.11 bits per heavy atom. The summed E-state index contributed by atoms with van der Waals surface area (Å²) in [6, 6.07) is 1.95. The number of nitrogens with zero attached hydrogens (tertiary/aromatic N) is 2. The SMILES string of the molecule is CCNc1cc(NCCC2CCCO2)nc(C)n1. The lowest BCUT2D eigenvalue weighted by Crippen LogP contribution is -2.13. The lowest BCUT2D eigenvalue weighted by Gasteiger charge is -2.11. The number of hydrogen-bond donors (Lipinski definition) is 2. The molecule has 1 aliphatic rings. The van der Waals surface area contributed by atoms with E-state index in [1.165, 1.54) is 12.8 Å². The number of nitrogens with one attached hydrogen (secondary N) is 2. The Morgan fingerprint density at radius 1 is 1.33 bits per heavy atom. The number of aryl methyl sites for hydroxylation is 1. The van der Waals surface area contributed by atoms with Crippen molar-refractivity contribution < 1.29 is 4.74 Å². The van der Waals surface area contributed by atoms with Gasteiger partial charge in [-0.05, 0) is 33.1 Å². The predicted octanol–water partition coefficient (Wildman–Crippen LogP) is 2.20. The summed E-state index contributed by atoms with van der Waals surface area (Å²) < 4.78 is 5.59. The third kappa shape index (κ3) is 3.84. The number of anilines is 2. The number of aromatic nitrogens is 2. The molecule has 1 aliphatic heterocycles. The predicted molar refractivity (Wildman–Crippen MR) is 73.0 cm³/mol. The standard InChI is InChI=1S/C13H22N4O/c1-3-14-12-9-13(17-10(2)16-12)15-7-6-11-5-4-8-18-11/h9,11H,3-8H2,1-2H3,(H2,14,15,16,17). The molecule has 1 fully saturated rings. The molecule has 1 saturated heterocycles. The van der Waals surface area contributed by atoms with Gasteiger partial charge in [0, 0.05) is 25.8 Å². The zero-order valence-electron chi connectivity index (χ0n) is 11.2. The van der Waals surface area contributed by atoms with E-state index in [1.807, 2.05) is 13.0 Å². The van der Waals surface area contributed by atoms with E-state index in [-0.39, 0.29) is 0 Å². The van der Waals surface area contributed by atoms with E-state index in [1.54, 1.807) is 0 Å². The molecular weight excluding hydrogens is 228 g/mol. The highest BCUT2D eigenvalue weighted by Gasteiger charge is 2.14. The minimum Gasteiger partial charge on any atom is -0.378 e. The van der Waals surface area contributed by atoms with E-state index >= 15 is 0 Å². The first kappa shape index (κ1) is 13.1. The van der Waals surface area contributed by atoms with E-state index in [9.17, 15) is 0 Å². The summed E-state index contributed by atoms with van der Waals surface area (Å²) in [6.45, 7) is 6.65. The van der Waals surface area contributed by atoms with Gasteiger partial charge in [0.1, 0.15) is 17.5 Å². The second-order valence-electron chi connectivity index (χ2n) is 4.57. The summed E-state index contributed by atoms with van der Waals surface area (Å²) >= 11 is 0. The molecule has 1 atom stereocenters. The van der Waals surface area contributed by atoms with Crippen molar-refractivity contribution in [2.45, 2.75) is 39.2 Å². The molecule has 18 heavy (non-hydrogen) atoms. The molecule has 1 aromatic heterocycles. The van der Waals surface area contributed by atoms with E-state index in [0.29, 0.717) is 6.10 Å². The van der Waals surface area contributed by atoms with Gasteiger partial charge in [-0.2, -0.15) is 0 Å². The second-order valence-corrected chi connectivity index (χ2v) is 4.57. The number of ether oxygens (including phenoxy) is 1. The van der Waals surface area contributed by atoms with Crippen molar-refractivity contribution in [3.8, 4) is 0 Å². The molecule has 0 bridgehead atoms. The average Bonchev–Trinajstić information content (AvgIpc) is 2.82. The first-order chi connectivity index (χ1) is 8.78. The summed E-state index contributed by atoms with van der Waals surface area (Å²) in [7, 11) is 0. The minimum atomic E-state index is 0.425. The van der Waals surface area contributed by atoms with Crippen LogP contribution in [-0.4, -0.2) is 35.8 Å². The molecule has 2 N–H and O–H groups in total. The van der Waals surface area contributed by atoms with Crippen LogP contribution >= 0.6 is 0 Å². The Hall–Kier alpha value is -1.36. The van der Waals surface area contributed by atoms with Crippen LogP contribution in [0.25, 0.3) is 0 Å². The van der Waals surface area contributed by atoms with Gasteiger partial charge in [-0.25, -0.2) is 9.97 Å². The second kappa shape index (κ2) is 6.54. The van der Waals surface area contributed by atoms with Gasteiger partial charge in [0.25, 0.3) is 0 Å². The molecule has 0 aliphatic carbocycles. The lowest BCUT2D eigenvalue weighted by molar-refractivity contribution is 0.107. The van der Waals surface area contributed by atoms with Crippen LogP contribution < -0.4 is 10.6 Å². The Bertz CT molecular complexity index is 377. The Balaban J connectivity index is 1.83. The van der Waals surface area contributed by atoms with Crippen LogP contribution in [-0.2, 0) is 4.74 Å². The average molecular weight is 250 g/mol. The summed E-state index contributed by atoms with van der Waals surface area (Å²) in [5, 5.41) is 6.54. The third-order valence-corrected chi connectivity index (χ3v) is 2.99. The Morgan fingerprint density at radius 3 is 2.78 bits per heavy atom. The minimum absolute atomic E-state index is 0.425. The fourth-order valence-electron chi connectivity index (χ4n) is 2.16. The van der Waals surface area contributed by atoms with Crippen molar-refractivity contribution in [2.24, 2.45) is 0 Å². The molecule has 0 saturated carbocycles. The summed E-state index contributed by atoms with van der Waals surface area (Å²) in [5.74, 6) is 2.55. The van der Waals surface area contributed by atoms with Crippen LogP contribution in [0.5, 0.6) is 0 Å². The fourth-order valence-corrected chi connectivity index (χ4v) is 2.16. The highest BCUT2D eigenvalue weighted by atomic mass is 16.5. The largest absolute Gasteiger partial charge is 0.378 e. The third-order valence-electron chi connectivity index (χ3n) is 2.99. The summed E-state index contributed by atoms with van der Waals surface area (Å²) in [4.78, 5) is 8.70. The molecule has 2 rings (SSSR count). The molecule has 5 nitrogen and oxygen atoms in total. The van der Waals surface area contributed by atoms with Crippen LogP contribution in [0.15, 0.2) is 6.07 Å². The van der Waals surface area contributed by atoms with Gasteiger partial charge >= 0.3 is 0 Å². The quantitative estimate of drug-likeness (QED) is 0.810. The zero-order valence-corrected chi connectivity index (χ0v) is 11.2. The van der Waals surface area contributed by atoms with Crippen molar-refractivity contribution in [3.05, 3.63) is 11.9 Å². The van der Waals surface area contributed by atoms with Gasteiger partial charge in [-0.1, -0.05) is 0 Å². The van der Waals surface area contributed by atoms with Crippen molar-refractivity contribution in [1.29, 1.82) is 0 Å². The maximum Gasteiger partial charge on any atom is 0.131 e. The van der Waals surface area contributed by atoms with Gasteiger partial charge < -0.3 is 15.4 Å². The van der Waals surface area contributed by atoms with Crippen LogP contribution in [0.2, 0.25) is 0 Å². The normalized spacial score (nSPS) is 18.9. The molecular formula is C13H22N4O. The molecule has 0 amide bonds. The van der Waals surface area contributed by atoms with Crippen LogP contribution in [0, 0.1) is 6.92 Å². The molecule has 1 unspecified atom stereocenters. The van der Waals surface area contributed by atoms with Gasteiger partial charge in [-0.3, -0.25) is 0 Å². The van der Waals surface area contributed by atoms with Gasteiger partial charge in [-0.15, -0.1) is 0 Å². The highest BCUT2D eigenvalue weighted by Crippen LogP contribution is 2.16. The maximum atomic E-state index is 5.59. The van der Waals surface area contributed by atoms with Crippen molar-refractivity contribution in [1.82, 2.24) is 9.97 Å². The first-order valence-corrected chi connectivity index (χ1v) is 6.73. The molecule has 0 aromatic carbocycles. The van der Waals surface area contributed by atoms with Gasteiger partial charge in [0.15, 0.2) is 0 Å². The molecule has 5 heteroatoms. The molecule has 0 radical (unpaired) electrons. The smallest absolute Gasteiger partial charge is 0.131 e. The van der Waals surface area contributed by atoms with E-state index < -0.39 is 0 Å². The first-order valence-electron chi connectivity index (χ1n) is 6.73. The van der Waals surface area contributed by atoms with E-state index in [0.717, 1.165) is 43.6 Å². The molecule has 0 spiro atoms. The molecule has 2 heterocycles.